The minimum Gasteiger partial charge on any atom is -0.382 e. The van der Waals surface area contributed by atoms with Crippen LogP contribution in [0.2, 0.25) is 0 Å². The van der Waals surface area contributed by atoms with Crippen molar-refractivity contribution in [1.82, 2.24) is 19.9 Å². The van der Waals surface area contributed by atoms with E-state index in [4.69, 9.17) is 11.5 Å². The van der Waals surface area contributed by atoms with E-state index in [0.717, 1.165) is 24.2 Å². The van der Waals surface area contributed by atoms with Crippen molar-refractivity contribution in [1.29, 1.82) is 0 Å². The third-order valence-electron chi connectivity index (χ3n) is 4.27. The van der Waals surface area contributed by atoms with Gasteiger partial charge < -0.3 is 16.5 Å². The third-order valence-corrected chi connectivity index (χ3v) is 4.27. The Morgan fingerprint density at radius 1 is 1.16 bits per heavy atom. The predicted octanol–water partition coefficient (Wildman–Crippen LogP) is 1.49. The second kappa shape index (κ2) is 4.77. The molecule has 1 aliphatic rings. The summed E-state index contributed by atoms with van der Waals surface area (Å²) in [6.07, 6.45) is 8.58. The maximum Gasteiger partial charge on any atom is 0.183 e. The monoisotopic (exact) mass is 260 g/mol. The van der Waals surface area contributed by atoms with Crippen LogP contribution >= 0.6 is 0 Å². The third kappa shape index (κ3) is 2.06. The van der Waals surface area contributed by atoms with E-state index >= 15 is 0 Å². The van der Waals surface area contributed by atoms with Crippen LogP contribution < -0.4 is 11.5 Å². The Bertz CT molecular complexity index is 568. The smallest absolute Gasteiger partial charge is 0.183 e. The number of nitrogens with one attached hydrogen (secondary N) is 1. The number of hydrogen-bond donors (Lipinski definition) is 3. The first-order valence-corrected chi connectivity index (χ1v) is 6.92. The van der Waals surface area contributed by atoms with Gasteiger partial charge in [0, 0.05) is 12.0 Å². The number of hydrogen-bond acceptors (Lipinski definition) is 5. The summed E-state index contributed by atoms with van der Waals surface area (Å²) in [5.74, 6) is 1.38. The van der Waals surface area contributed by atoms with Gasteiger partial charge >= 0.3 is 0 Å². The first-order chi connectivity index (χ1) is 9.25. The van der Waals surface area contributed by atoms with Gasteiger partial charge in [-0.1, -0.05) is 25.7 Å². The molecule has 0 aliphatic heterocycles. The lowest BCUT2D eigenvalue weighted by Gasteiger charge is -2.28. The number of aromatic amines is 1. The summed E-state index contributed by atoms with van der Waals surface area (Å²) < 4.78 is 0. The van der Waals surface area contributed by atoms with Crippen molar-refractivity contribution in [2.45, 2.75) is 43.9 Å². The van der Waals surface area contributed by atoms with Crippen LogP contribution in [0.1, 0.15) is 44.3 Å². The predicted molar refractivity (Wildman–Crippen MR) is 74.5 cm³/mol. The van der Waals surface area contributed by atoms with E-state index in [1.165, 1.54) is 32.0 Å². The molecule has 1 fully saturated rings. The fraction of sp³-hybridized carbons (Fsp3) is 0.615. The molecule has 0 amide bonds. The van der Waals surface area contributed by atoms with Crippen molar-refractivity contribution in [3.63, 3.8) is 0 Å². The second-order valence-electron chi connectivity index (χ2n) is 5.44. The highest BCUT2D eigenvalue weighted by Crippen LogP contribution is 2.36. The van der Waals surface area contributed by atoms with Gasteiger partial charge in [0.15, 0.2) is 11.5 Å². The first kappa shape index (κ1) is 12.3. The zero-order valence-electron chi connectivity index (χ0n) is 11.0. The lowest BCUT2D eigenvalue weighted by atomic mass is 9.79. The summed E-state index contributed by atoms with van der Waals surface area (Å²) in [4.78, 5) is 16.1. The molecule has 3 rings (SSSR count). The van der Waals surface area contributed by atoms with Gasteiger partial charge in [0.1, 0.15) is 17.7 Å². The highest BCUT2D eigenvalue weighted by atomic mass is 15.1. The normalized spacial score (nSPS) is 19.4. The summed E-state index contributed by atoms with van der Waals surface area (Å²) in [6.45, 7) is 0.611. The molecule has 2 aromatic heterocycles. The molecule has 19 heavy (non-hydrogen) atoms. The maximum atomic E-state index is 6.07. The molecule has 0 aromatic carbocycles. The number of anilines is 1. The number of nitrogens with zero attached hydrogens (tertiary/aromatic N) is 3. The molecule has 0 bridgehead atoms. The topological polar surface area (TPSA) is 106 Å². The summed E-state index contributed by atoms with van der Waals surface area (Å²) >= 11 is 0. The van der Waals surface area contributed by atoms with Crippen molar-refractivity contribution in [2.75, 3.05) is 12.3 Å². The fourth-order valence-corrected chi connectivity index (χ4v) is 3.04. The molecule has 0 spiro atoms. The number of nitrogens with two attached hydrogens (primary N) is 2. The molecule has 2 aromatic rings. The molecule has 2 heterocycles. The summed E-state index contributed by atoms with van der Waals surface area (Å²) in [6, 6.07) is 0. The fourth-order valence-electron chi connectivity index (χ4n) is 3.04. The van der Waals surface area contributed by atoms with Crippen LogP contribution in [0.15, 0.2) is 6.33 Å². The molecule has 1 aliphatic carbocycles. The van der Waals surface area contributed by atoms with Crippen LogP contribution in [0.25, 0.3) is 11.2 Å². The Balaban J connectivity index is 2.07. The number of nitrogen functional groups attached to an aromatic ring is 1. The molecule has 6 nitrogen and oxygen atoms in total. The van der Waals surface area contributed by atoms with Gasteiger partial charge in [0.05, 0.1) is 0 Å². The summed E-state index contributed by atoms with van der Waals surface area (Å²) in [7, 11) is 0. The van der Waals surface area contributed by atoms with Crippen molar-refractivity contribution in [3.05, 3.63) is 12.2 Å². The Kier molecular flexibility index (Phi) is 3.10. The minimum absolute atomic E-state index is 0.0519. The van der Waals surface area contributed by atoms with Crippen molar-refractivity contribution < 1.29 is 0 Å². The first-order valence-electron chi connectivity index (χ1n) is 6.92. The maximum absolute atomic E-state index is 6.07. The van der Waals surface area contributed by atoms with Crippen LogP contribution in [0, 0.1) is 0 Å². The van der Waals surface area contributed by atoms with Gasteiger partial charge in [-0.15, -0.1) is 0 Å². The Labute approximate surface area is 112 Å². The van der Waals surface area contributed by atoms with Gasteiger partial charge in [0.25, 0.3) is 0 Å². The lowest BCUT2D eigenvalue weighted by molar-refractivity contribution is 0.362. The molecule has 0 saturated heterocycles. The van der Waals surface area contributed by atoms with Gasteiger partial charge in [-0.3, -0.25) is 0 Å². The number of imidazole rings is 1. The molecule has 6 heteroatoms. The Morgan fingerprint density at radius 3 is 2.53 bits per heavy atom. The second-order valence-corrected chi connectivity index (χ2v) is 5.44. The molecule has 0 atom stereocenters. The van der Waals surface area contributed by atoms with Gasteiger partial charge in [0.2, 0.25) is 0 Å². The van der Waals surface area contributed by atoms with Gasteiger partial charge in [-0.05, 0) is 12.8 Å². The standard InChI is InChI=1S/C13H20N6/c14-7-13(5-3-1-2-4-6-13)12-18-9-10(15)16-8-17-11(9)19-12/h8H,1-7,14H2,(H3,15,16,17,18,19). The van der Waals surface area contributed by atoms with E-state index in [-0.39, 0.29) is 5.41 Å². The molecule has 0 radical (unpaired) electrons. The lowest BCUT2D eigenvalue weighted by Crippen LogP contribution is -2.35. The molecule has 5 N–H and O–H groups in total. The summed E-state index contributed by atoms with van der Waals surface area (Å²) in [5.41, 5.74) is 13.3. The molecule has 0 unspecified atom stereocenters. The number of fused-ring (bicyclic) bond motifs is 1. The average molecular weight is 260 g/mol. The highest BCUT2D eigenvalue weighted by molar-refractivity contribution is 5.81. The summed E-state index contributed by atoms with van der Waals surface area (Å²) in [5, 5.41) is 0. The quantitative estimate of drug-likeness (QED) is 0.709. The zero-order chi connectivity index (χ0) is 13.3. The average Bonchev–Trinajstić information content (AvgIpc) is 2.72. The molecule has 102 valence electrons. The van der Waals surface area contributed by atoms with E-state index in [2.05, 4.69) is 19.9 Å². The van der Waals surface area contributed by atoms with Crippen LogP contribution in [0.4, 0.5) is 5.82 Å². The van der Waals surface area contributed by atoms with Gasteiger partial charge in [-0.25, -0.2) is 15.0 Å². The molecular weight excluding hydrogens is 240 g/mol. The van der Waals surface area contributed by atoms with Crippen molar-refractivity contribution in [2.24, 2.45) is 5.73 Å². The Hall–Kier alpha value is -1.69. The van der Waals surface area contributed by atoms with E-state index in [1.807, 2.05) is 0 Å². The number of aromatic nitrogens is 4. The van der Waals surface area contributed by atoms with Crippen LogP contribution in [0.3, 0.4) is 0 Å². The van der Waals surface area contributed by atoms with E-state index < -0.39 is 0 Å². The van der Waals surface area contributed by atoms with E-state index in [1.54, 1.807) is 0 Å². The largest absolute Gasteiger partial charge is 0.382 e. The van der Waals surface area contributed by atoms with E-state index in [0.29, 0.717) is 18.0 Å². The van der Waals surface area contributed by atoms with Crippen LogP contribution in [-0.4, -0.2) is 26.5 Å². The number of H-pyrrole nitrogens is 1. The van der Waals surface area contributed by atoms with Crippen molar-refractivity contribution >= 4 is 17.0 Å². The SMILES string of the molecule is NCC1(c2nc3ncnc(N)c3[nH]2)CCCCCC1. The zero-order valence-corrected chi connectivity index (χ0v) is 11.0. The van der Waals surface area contributed by atoms with Gasteiger partial charge in [-0.2, -0.15) is 0 Å². The highest BCUT2D eigenvalue weighted by Gasteiger charge is 2.34. The molecule has 1 saturated carbocycles. The van der Waals surface area contributed by atoms with E-state index in [9.17, 15) is 0 Å². The van der Waals surface area contributed by atoms with Crippen LogP contribution in [-0.2, 0) is 5.41 Å². The van der Waals surface area contributed by atoms with Crippen LogP contribution in [0.5, 0.6) is 0 Å². The number of rotatable bonds is 2. The minimum atomic E-state index is -0.0519. The Morgan fingerprint density at radius 2 is 1.89 bits per heavy atom. The molecular formula is C13H20N6. The van der Waals surface area contributed by atoms with Crippen molar-refractivity contribution in [3.8, 4) is 0 Å².